The predicted octanol–water partition coefficient (Wildman–Crippen LogP) is 1.72. The summed E-state index contributed by atoms with van der Waals surface area (Å²) in [5.74, 6) is 0.712. The summed E-state index contributed by atoms with van der Waals surface area (Å²) >= 11 is 0. The molecule has 0 amide bonds. The van der Waals surface area contributed by atoms with Crippen LogP contribution in [0.3, 0.4) is 0 Å². The third-order valence-electron chi connectivity index (χ3n) is 1.21. The Kier molecular flexibility index (Phi) is 4.59. The van der Waals surface area contributed by atoms with Gasteiger partial charge in [0.15, 0.2) is 5.78 Å². The fraction of sp³-hybridized carbons (Fsp3) is 0.667. The Bertz CT molecular complexity index is 159. The van der Waals surface area contributed by atoms with Crippen LogP contribution in [0.1, 0.15) is 27.7 Å². The second-order valence-corrected chi connectivity index (χ2v) is 3.21. The van der Waals surface area contributed by atoms with Gasteiger partial charge in [-0.25, -0.2) is 0 Å². The van der Waals surface area contributed by atoms with Crippen molar-refractivity contribution in [2.24, 2.45) is 5.92 Å². The molecule has 2 heteroatoms. The molecule has 0 saturated heterocycles. The first kappa shape index (κ1) is 10.2. The SMILES string of the molecule is CC(=O)/C=C(\C)NCC(C)C. The highest BCUT2D eigenvalue weighted by Gasteiger charge is 1.93. The van der Waals surface area contributed by atoms with E-state index in [0.29, 0.717) is 5.92 Å². The number of rotatable bonds is 4. The molecule has 0 radical (unpaired) electrons. The molecule has 0 aliphatic rings. The number of ketones is 1. The van der Waals surface area contributed by atoms with Crippen LogP contribution in [0.15, 0.2) is 11.8 Å². The van der Waals surface area contributed by atoms with E-state index >= 15 is 0 Å². The molecule has 64 valence electrons. The van der Waals surface area contributed by atoms with Crippen molar-refractivity contribution in [3.8, 4) is 0 Å². The minimum absolute atomic E-state index is 0.0961. The molecule has 2 nitrogen and oxygen atoms in total. The van der Waals surface area contributed by atoms with Crippen LogP contribution >= 0.6 is 0 Å². The Labute approximate surface area is 68.7 Å². The van der Waals surface area contributed by atoms with E-state index in [1.54, 1.807) is 13.0 Å². The summed E-state index contributed by atoms with van der Waals surface area (Å²) in [6, 6.07) is 0. The highest BCUT2D eigenvalue weighted by Crippen LogP contribution is 1.92. The lowest BCUT2D eigenvalue weighted by Crippen LogP contribution is -2.17. The van der Waals surface area contributed by atoms with E-state index in [4.69, 9.17) is 0 Å². The van der Waals surface area contributed by atoms with Gasteiger partial charge in [0.2, 0.25) is 0 Å². The number of allylic oxidation sites excluding steroid dienone is 2. The van der Waals surface area contributed by atoms with Crippen LogP contribution in [0.5, 0.6) is 0 Å². The molecule has 0 unspecified atom stereocenters. The molecule has 1 N–H and O–H groups in total. The molecule has 11 heavy (non-hydrogen) atoms. The Morgan fingerprint density at radius 3 is 2.36 bits per heavy atom. The number of nitrogens with one attached hydrogen (secondary N) is 1. The van der Waals surface area contributed by atoms with Gasteiger partial charge in [-0.05, 0) is 25.8 Å². The first-order chi connectivity index (χ1) is 5.02. The molecule has 0 spiro atoms. The summed E-state index contributed by atoms with van der Waals surface area (Å²) in [6.45, 7) is 8.65. The summed E-state index contributed by atoms with van der Waals surface area (Å²) in [5, 5.41) is 3.15. The Hall–Kier alpha value is -0.790. The van der Waals surface area contributed by atoms with E-state index in [1.807, 2.05) is 6.92 Å². The maximum absolute atomic E-state index is 10.6. The van der Waals surface area contributed by atoms with Crippen LogP contribution in [0.2, 0.25) is 0 Å². The second-order valence-electron chi connectivity index (χ2n) is 3.21. The smallest absolute Gasteiger partial charge is 0.154 e. The Morgan fingerprint density at radius 1 is 1.45 bits per heavy atom. The van der Waals surface area contributed by atoms with Crippen molar-refractivity contribution in [3.05, 3.63) is 11.8 Å². The van der Waals surface area contributed by atoms with Crippen molar-refractivity contribution < 1.29 is 4.79 Å². The zero-order valence-corrected chi connectivity index (χ0v) is 7.77. The Morgan fingerprint density at radius 2 is 2.00 bits per heavy atom. The number of carbonyl (C=O) groups is 1. The average Bonchev–Trinajstić information content (AvgIpc) is 1.82. The fourth-order valence-electron chi connectivity index (χ4n) is 0.721. The van der Waals surface area contributed by atoms with Crippen molar-refractivity contribution in [2.75, 3.05) is 6.54 Å². The molecular weight excluding hydrogens is 138 g/mol. The molecule has 0 aromatic heterocycles. The van der Waals surface area contributed by atoms with Crippen LogP contribution in [0.4, 0.5) is 0 Å². The van der Waals surface area contributed by atoms with Gasteiger partial charge in [0.25, 0.3) is 0 Å². The van der Waals surface area contributed by atoms with E-state index in [9.17, 15) is 4.79 Å². The molecule has 0 rings (SSSR count). The summed E-state index contributed by atoms with van der Waals surface area (Å²) < 4.78 is 0. The van der Waals surface area contributed by atoms with Crippen molar-refractivity contribution in [1.82, 2.24) is 5.32 Å². The van der Waals surface area contributed by atoms with Gasteiger partial charge < -0.3 is 5.32 Å². The first-order valence-corrected chi connectivity index (χ1v) is 3.95. The molecule has 0 aromatic rings. The fourth-order valence-corrected chi connectivity index (χ4v) is 0.721. The van der Waals surface area contributed by atoms with Crippen LogP contribution < -0.4 is 5.32 Å². The second kappa shape index (κ2) is 4.94. The monoisotopic (exact) mass is 155 g/mol. The third-order valence-corrected chi connectivity index (χ3v) is 1.21. The first-order valence-electron chi connectivity index (χ1n) is 3.95. The topological polar surface area (TPSA) is 29.1 Å². The number of hydrogen-bond acceptors (Lipinski definition) is 2. The minimum atomic E-state index is 0.0961. The molecule has 0 heterocycles. The molecular formula is C9H17NO. The highest BCUT2D eigenvalue weighted by molar-refractivity contribution is 5.87. The minimum Gasteiger partial charge on any atom is -0.388 e. The maximum Gasteiger partial charge on any atom is 0.154 e. The molecule has 0 atom stereocenters. The van der Waals surface area contributed by atoms with Crippen LogP contribution in [-0.2, 0) is 4.79 Å². The van der Waals surface area contributed by atoms with E-state index in [1.165, 1.54) is 0 Å². The van der Waals surface area contributed by atoms with Crippen LogP contribution in [-0.4, -0.2) is 12.3 Å². The lowest BCUT2D eigenvalue weighted by Gasteiger charge is -2.07. The van der Waals surface area contributed by atoms with Gasteiger partial charge >= 0.3 is 0 Å². The summed E-state index contributed by atoms with van der Waals surface area (Å²) in [5.41, 5.74) is 0.950. The molecule has 0 saturated carbocycles. The van der Waals surface area contributed by atoms with E-state index in [0.717, 1.165) is 12.2 Å². The van der Waals surface area contributed by atoms with Crippen molar-refractivity contribution in [3.63, 3.8) is 0 Å². The molecule has 0 aromatic carbocycles. The third kappa shape index (κ3) is 7.10. The standard InChI is InChI=1S/C9H17NO/c1-7(2)6-10-8(3)5-9(4)11/h5,7,10H,6H2,1-4H3/b8-5+. The van der Waals surface area contributed by atoms with Gasteiger partial charge in [-0.3, -0.25) is 4.79 Å². The molecule has 0 fully saturated rings. The van der Waals surface area contributed by atoms with Gasteiger partial charge in [-0.2, -0.15) is 0 Å². The van der Waals surface area contributed by atoms with Gasteiger partial charge in [0.1, 0.15) is 0 Å². The normalized spacial score (nSPS) is 11.9. The number of hydrogen-bond donors (Lipinski definition) is 1. The zero-order valence-electron chi connectivity index (χ0n) is 7.77. The van der Waals surface area contributed by atoms with Crippen LogP contribution in [0, 0.1) is 5.92 Å². The predicted molar refractivity (Wildman–Crippen MR) is 47.3 cm³/mol. The number of carbonyl (C=O) groups excluding carboxylic acids is 1. The summed E-state index contributed by atoms with van der Waals surface area (Å²) in [7, 11) is 0. The van der Waals surface area contributed by atoms with Gasteiger partial charge in [-0.1, -0.05) is 13.8 Å². The molecule has 0 aliphatic carbocycles. The zero-order chi connectivity index (χ0) is 8.85. The largest absolute Gasteiger partial charge is 0.388 e. The van der Waals surface area contributed by atoms with E-state index < -0.39 is 0 Å². The summed E-state index contributed by atoms with van der Waals surface area (Å²) in [4.78, 5) is 10.6. The van der Waals surface area contributed by atoms with Crippen molar-refractivity contribution >= 4 is 5.78 Å². The maximum atomic E-state index is 10.6. The molecule has 0 bridgehead atoms. The van der Waals surface area contributed by atoms with Gasteiger partial charge in [0, 0.05) is 12.2 Å². The highest BCUT2D eigenvalue weighted by atomic mass is 16.1. The van der Waals surface area contributed by atoms with Gasteiger partial charge in [0.05, 0.1) is 0 Å². The molecule has 0 aliphatic heterocycles. The quantitative estimate of drug-likeness (QED) is 0.626. The average molecular weight is 155 g/mol. The van der Waals surface area contributed by atoms with Gasteiger partial charge in [-0.15, -0.1) is 0 Å². The van der Waals surface area contributed by atoms with E-state index in [2.05, 4.69) is 19.2 Å². The lowest BCUT2D eigenvalue weighted by atomic mass is 10.2. The Balaban J connectivity index is 3.68. The van der Waals surface area contributed by atoms with Crippen LogP contribution in [0.25, 0.3) is 0 Å². The lowest BCUT2D eigenvalue weighted by molar-refractivity contribution is -0.112. The van der Waals surface area contributed by atoms with Crippen molar-refractivity contribution in [2.45, 2.75) is 27.7 Å². The van der Waals surface area contributed by atoms with Crippen molar-refractivity contribution in [1.29, 1.82) is 0 Å². The summed E-state index contributed by atoms with van der Waals surface area (Å²) in [6.07, 6.45) is 1.61. The van der Waals surface area contributed by atoms with E-state index in [-0.39, 0.29) is 5.78 Å².